The number of carbonyl (C=O) groups is 2. The van der Waals surface area contributed by atoms with E-state index in [0.29, 0.717) is 12.0 Å². The molecule has 106 valence electrons. The first-order valence-electron chi connectivity index (χ1n) is 7.18. The van der Waals surface area contributed by atoms with Crippen molar-refractivity contribution in [1.82, 2.24) is 0 Å². The molecule has 0 unspecified atom stereocenters. The minimum absolute atomic E-state index is 0.0338. The standard InChI is InChI=1S/C18H17NO2/c1-12-5-2-3-7-15(12)18(21)14-9-10-16-13(11-14)6-4-8-17(20)19-16/h2-3,5,7,9-11H,4,6,8H2,1H3,(H,19,20). The molecule has 21 heavy (non-hydrogen) atoms. The van der Waals surface area contributed by atoms with Gasteiger partial charge in [-0.3, -0.25) is 9.59 Å². The van der Waals surface area contributed by atoms with Crippen LogP contribution >= 0.6 is 0 Å². The lowest BCUT2D eigenvalue weighted by Crippen LogP contribution is -2.10. The summed E-state index contributed by atoms with van der Waals surface area (Å²) in [4.78, 5) is 24.2. The van der Waals surface area contributed by atoms with Crippen LogP contribution in [0.2, 0.25) is 0 Å². The maximum absolute atomic E-state index is 12.6. The largest absolute Gasteiger partial charge is 0.326 e. The molecule has 1 heterocycles. The number of aryl methyl sites for hydroxylation is 2. The number of nitrogens with one attached hydrogen (secondary N) is 1. The zero-order valence-electron chi connectivity index (χ0n) is 12.0. The van der Waals surface area contributed by atoms with Crippen LogP contribution in [-0.4, -0.2) is 11.7 Å². The molecule has 0 bridgehead atoms. The molecule has 1 N–H and O–H groups in total. The van der Waals surface area contributed by atoms with Gasteiger partial charge in [-0.1, -0.05) is 24.3 Å². The third-order valence-electron chi connectivity index (χ3n) is 3.88. The van der Waals surface area contributed by atoms with Gasteiger partial charge in [-0.2, -0.15) is 0 Å². The number of fused-ring (bicyclic) bond motifs is 1. The van der Waals surface area contributed by atoms with Crippen molar-refractivity contribution >= 4 is 17.4 Å². The van der Waals surface area contributed by atoms with E-state index < -0.39 is 0 Å². The lowest BCUT2D eigenvalue weighted by Gasteiger charge is -2.10. The molecule has 1 aliphatic rings. The molecule has 0 atom stereocenters. The molecule has 2 aromatic rings. The van der Waals surface area contributed by atoms with Crippen LogP contribution in [0.3, 0.4) is 0 Å². The third-order valence-corrected chi connectivity index (χ3v) is 3.88. The first-order chi connectivity index (χ1) is 10.1. The van der Waals surface area contributed by atoms with E-state index in [4.69, 9.17) is 0 Å². The van der Waals surface area contributed by atoms with Gasteiger partial charge in [-0.15, -0.1) is 0 Å². The van der Waals surface area contributed by atoms with E-state index in [9.17, 15) is 9.59 Å². The van der Waals surface area contributed by atoms with Gasteiger partial charge in [-0.25, -0.2) is 0 Å². The van der Waals surface area contributed by atoms with Gasteiger partial charge in [0.2, 0.25) is 5.91 Å². The summed E-state index contributed by atoms with van der Waals surface area (Å²) in [6, 6.07) is 13.1. The zero-order valence-corrected chi connectivity index (χ0v) is 12.0. The second-order valence-corrected chi connectivity index (χ2v) is 5.42. The van der Waals surface area contributed by atoms with Crippen molar-refractivity contribution in [2.45, 2.75) is 26.2 Å². The predicted molar refractivity (Wildman–Crippen MR) is 82.6 cm³/mol. The van der Waals surface area contributed by atoms with E-state index in [1.54, 1.807) is 6.07 Å². The Morgan fingerprint density at radius 1 is 1.10 bits per heavy atom. The fourth-order valence-electron chi connectivity index (χ4n) is 2.70. The van der Waals surface area contributed by atoms with Crippen molar-refractivity contribution in [3.05, 3.63) is 64.7 Å². The molecule has 3 rings (SSSR count). The van der Waals surface area contributed by atoms with Crippen LogP contribution in [0.1, 0.15) is 39.9 Å². The van der Waals surface area contributed by atoms with E-state index in [-0.39, 0.29) is 11.7 Å². The van der Waals surface area contributed by atoms with Crippen molar-refractivity contribution in [2.75, 3.05) is 5.32 Å². The van der Waals surface area contributed by atoms with Crippen LogP contribution < -0.4 is 5.32 Å². The Labute approximate surface area is 124 Å². The molecule has 1 aliphatic heterocycles. The molecule has 2 aromatic carbocycles. The number of amides is 1. The van der Waals surface area contributed by atoms with Crippen molar-refractivity contribution < 1.29 is 9.59 Å². The van der Waals surface area contributed by atoms with E-state index in [1.807, 2.05) is 43.3 Å². The maximum Gasteiger partial charge on any atom is 0.224 e. The zero-order chi connectivity index (χ0) is 14.8. The highest BCUT2D eigenvalue weighted by Gasteiger charge is 2.16. The maximum atomic E-state index is 12.6. The van der Waals surface area contributed by atoms with Crippen molar-refractivity contribution in [3.8, 4) is 0 Å². The fourth-order valence-corrected chi connectivity index (χ4v) is 2.70. The van der Waals surface area contributed by atoms with Crippen LogP contribution in [0.4, 0.5) is 5.69 Å². The van der Waals surface area contributed by atoms with Gasteiger partial charge in [0.1, 0.15) is 0 Å². The van der Waals surface area contributed by atoms with Crippen molar-refractivity contribution in [2.24, 2.45) is 0 Å². The van der Waals surface area contributed by atoms with Crippen molar-refractivity contribution in [3.63, 3.8) is 0 Å². The first kappa shape index (κ1) is 13.6. The summed E-state index contributed by atoms with van der Waals surface area (Å²) in [5.74, 6) is 0.0817. The number of carbonyl (C=O) groups excluding carboxylic acids is 2. The lowest BCUT2D eigenvalue weighted by atomic mass is 9.96. The topological polar surface area (TPSA) is 46.2 Å². The monoisotopic (exact) mass is 279 g/mol. The van der Waals surface area contributed by atoms with E-state index in [2.05, 4.69) is 5.32 Å². The van der Waals surface area contributed by atoms with Gasteiger partial charge >= 0.3 is 0 Å². The lowest BCUT2D eigenvalue weighted by molar-refractivity contribution is -0.116. The average Bonchev–Trinajstić information content (AvgIpc) is 2.67. The summed E-state index contributed by atoms with van der Waals surface area (Å²) in [5, 5.41) is 2.89. The van der Waals surface area contributed by atoms with Crippen LogP contribution in [-0.2, 0) is 11.2 Å². The summed E-state index contributed by atoms with van der Waals surface area (Å²) in [5.41, 5.74) is 4.26. The molecule has 0 aromatic heterocycles. The summed E-state index contributed by atoms with van der Waals surface area (Å²) in [6.45, 7) is 1.94. The van der Waals surface area contributed by atoms with Gasteiger partial charge in [0.05, 0.1) is 0 Å². The number of ketones is 1. The minimum atomic E-state index is 0.0338. The molecule has 3 nitrogen and oxygen atoms in total. The second-order valence-electron chi connectivity index (χ2n) is 5.42. The smallest absolute Gasteiger partial charge is 0.224 e. The Kier molecular flexibility index (Phi) is 3.57. The van der Waals surface area contributed by atoms with Crippen LogP contribution in [0.25, 0.3) is 0 Å². The number of rotatable bonds is 2. The molecule has 3 heteroatoms. The quantitative estimate of drug-likeness (QED) is 0.855. The molecule has 0 spiro atoms. The first-order valence-corrected chi connectivity index (χ1v) is 7.18. The number of hydrogen-bond donors (Lipinski definition) is 1. The Hall–Kier alpha value is -2.42. The van der Waals surface area contributed by atoms with Crippen LogP contribution in [0.5, 0.6) is 0 Å². The van der Waals surface area contributed by atoms with Gasteiger partial charge in [0.25, 0.3) is 0 Å². The SMILES string of the molecule is Cc1ccccc1C(=O)c1ccc2c(c1)CCCC(=O)N2. The van der Waals surface area contributed by atoms with Crippen LogP contribution in [0.15, 0.2) is 42.5 Å². The number of benzene rings is 2. The molecule has 0 saturated carbocycles. The van der Waals surface area contributed by atoms with E-state index in [1.165, 1.54) is 0 Å². The number of anilines is 1. The molecule has 0 fully saturated rings. The second kappa shape index (κ2) is 5.52. The highest BCUT2D eigenvalue weighted by molar-refractivity contribution is 6.10. The van der Waals surface area contributed by atoms with Gasteiger partial charge in [-0.05, 0) is 49.1 Å². The Bertz CT molecular complexity index is 719. The normalized spacial score (nSPS) is 14.0. The molecule has 1 amide bonds. The third kappa shape index (κ3) is 2.72. The summed E-state index contributed by atoms with van der Waals surface area (Å²) in [6.07, 6.45) is 2.18. The summed E-state index contributed by atoms with van der Waals surface area (Å²) < 4.78 is 0. The molecule has 0 radical (unpaired) electrons. The predicted octanol–water partition coefficient (Wildman–Crippen LogP) is 3.50. The molecule has 0 saturated heterocycles. The van der Waals surface area contributed by atoms with E-state index in [0.717, 1.165) is 35.2 Å². The summed E-state index contributed by atoms with van der Waals surface area (Å²) >= 11 is 0. The summed E-state index contributed by atoms with van der Waals surface area (Å²) in [7, 11) is 0. The van der Waals surface area contributed by atoms with Crippen molar-refractivity contribution in [1.29, 1.82) is 0 Å². The molecular formula is C18H17NO2. The molecular weight excluding hydrogens is 262 g/mol. The average molecular weight is 279 g/mol. The Balaban J connectivity index is 1.97. The van der Waals surface area contributed by atoms with Gasteiger partial charge in [0, 0.05) is 23.2 Å². The van der Waals surface area contributed by atoms with Gasteiger partial charge in [0.15, 0.2) is 5.78 Å². The fraction of sp³-hybridized carbons (Fsp3) is 0.222. The van der Waals surface area contributed by atoms with E-state index >= 15 is 0 Å². The Morgan fingerprint density at radius 2 is 1.90 bits per heavy atom. The van der Waals surface area contributed by atoms with Gasteiger partial charge < -0.3 is 5.32 Å². The van der Waals surface area contributed by atoms with Crippen LogP contribution in [0, 0.1) is 6.92 Å². The highest BCUT2D eigenvalue weighted by atomic mass is 16.1. The number of hydrogen-bond acceptors (Lipinski definition) is 2. The minimum Gasteiger partial charge on any atom is -0.326 e. The molecule has 0 aliphatic carbocycles. The Morgan fingerprint density at radius 3 is 2.71 bits per heavy atom. The highest BCUT2D eigenvalue weighted by Crippen LogP contribution is 2.25.